The molecule has 0 bridgehead atoms. The number of amides is 1. The maximum atomic E-state index is 11.1. The van der Waals surface area contributed by atoms with E-state index in [1.54, 1.807) is 6.92 Å². The summed E-state index contributed by atoms with van der Waals surface area (Å²) in [4.78, 5) is 25.3. The molecule has 2 atom stereocenters. The number of benzene rings is 1. The Kier molecular flexibility index (Phi) is 9.29. The molecule has 28 heavy (non-hydrogen) atoms. The molecular weight excluding hydrogens is 364 g/mol. The number of hydrogen-bond donors (Lipinski definition) is 2. The van der Waals surface area contributed by atoms with E-state index in [4.69, 9.17) is 19.9 Å². The number of nitrogens with two attached hydrogens (primary N) is 1. The lowest BCUT2D eigenvalue weighted by molar-refractivity contribution is -0.151. The summed E-state index contributed by atoms with van der Waals surface area (Å²) in [7, 11) is 1.37. The molecule has 0 saturated carbocycles. The average Bonchev–Trinajstić information content (AvgIpc) is 2.69. The standard InChI is InChI=1S/C13H18O3.C7H8N2O3/c1-4-13(14)16-11(3)10(2)15-12-8-6-5-7-9-12;1-12-4-2-3-9-5(6(4)10)7(8)11/h5-11H,4H2,1-3H3;2-3,10H,1H3,(H2,8,11). The van der Waals surface area contributed by atoms with Gasteiger partial charge in [0.2, 0.25) is 0 Å². The Morgan fingerprint density at radius 1 is 1.14 bits per heavy atom. The minimum atomic E-state index is -0.786. The van der Waals surface area contributed by atoms with Gasteiger partial charge in [-0.3, -0.25) is 9.59 Å². The highest BCUT2D eigenvalue weighted by atomic mass is 16.6. The van der Waals surface area contributed by atoms with E-state index < -0.39 is 5.91 Å². The van der Waals surface area contributed by atoms with Crippen molar-refractivity contribution < 1.29 is 28.9 Å². The van der Waals surface area contributed by atoms with Crippen LogP contribution in [0.25, 0.3) is 0 Å². The number of aromatic nitrogens is 1. The molecule has 1 aromatic heterocycles. The molecule has 0 fully saturated rings. The lowest BCUT2D eigenvalue weighted by atomic mass is 10.2. The summed E-state index contributed by atoms with van der Waals surface area (Å²) in [5.41, 5.74) is 4.74. The highest BCUT2D eigenvalue weighted by Gasteiger charge is 2.17. The van der Waals surface area contributed by atoms with E-state index in [2.05, 4.69) is 4.98 Å². The van der Waals surface area contributed by atoms with Crippen LogP contribution in [0.3, 0.4) is 0 Å². The third kappa shape index (κ3) is 7.14. The monoisotopic (exact) mass is 390 g/mol. The van der Waals surface area contributed by atoms with Gasteiger partial charge in [0.05, 0.1) is 7.11 Å². The van der Waals surface area contributed by atoms with Crippen LogP contribution in [0.5, 0.6) is 17.2 Å². The smallest absolute Gasteiger partial charge is 0.305 e. The third-order valence-electron chi connectivity index (χ3n) is 3.67. The Morgan fingerprint density at radius 3 is 2.32 bits per heavy atom. The molecule has 0 aliphatic heterocycles. The van der Waals surface area contributed by atoms with Crippen LogP contribution in [0.15, 0.2) is 42.6 Å². The lowest BCUT2D eigenvalue weighted by Crippen LogP contribution is -2.30. The van der Waals surface area contributed by atoms with Gasteiger partial charge in [-0.15, -0.1) is 0 Å². The molecule has 2 aromatic rings. The number of carbonyl (C=O) groups is 2. The Balaban J connectivity index is 0.000000292. The first-order valence-corrected chi connectivity index (χ1v) is 8.73. The number of aromatic hydroxyl groups is 1. The predicted octanol–water partition coefficient (Wildman–Crippen LogP) is 2.69. The number of para-hydroxylation sites is 1. The molecule has 2 unspecified atom stereocenters. The molecule has 1 aromatic carbocycles. The van der Waals surface area contributed by atoms with E-state index in [1.807, 2.05) is 44.2 Å². The SMILES string of the molecule is CCC(=O)OC(C)C(C)Oc1ccccc1.COc1ccnc(C(N)=O)c1O. The van der Waals surface area contributed by atoms with Crippen LogP contribution in [0.2, 0.25) is 0 Å². The Morgan fingerprint density at radius 2 is 1.79 bits per heavy atom. The summed E-state index contributed by atoms with van der Waals surface area (Å²) in [6.07, 6.45) is 1.33. The Labute approximate surface area is 164 Å². The number of hydrogen-bond acceptors (Lipinski definition) is 7. The number of nitrogens with zero attached hydrogens (tertiary/aromatic N) is 1. The van der Waals surface area contributed by atoms with Gasteiger partial charge in [-0.05, 0) is 26.0 Å². The van der Waals surface area contributed by atoms with Crippen molar-refractivity contribution in [2.75, 3.05) is 7.11 Å². The van der Waals surface area contributed by atoms with Gasteiger partial charge in [0.1, 0.15) is 18.0 Å². The zero-order valence-corrected chi connectivity index (χ0v) is 16.4. The van der Waals surface area contributed by atoms with Gasteiger partial charge < -0.3 is 25.1 Å². The van der Waals surface area contributed by atoms with E-state index >= 15 is 0 Å². The third-order valence-corrected chi connectivity index (χ3v) is 3.67. The fraction of sp³-hybridized carbons (Fsp3) is 0.350. The van der Waals surface area contributed by atoms with Crippen LogP contribution in [0, 0.1) is 0 Å². The molecule has 0 radical (unpaired) electrons. The molecule has 8 heteroatoms. The number of carbonyl (C=O) groups excluding carboxylic acids is 2. The van der Waals surface area contributed by atoms with Crippen molar-refractivity contribution in [1.29, 1.82) is 0 Å². The molecule has 3 N–H and O–H groups in total. The van der Waals surface area contributed by atoms with Crippen LogP contribution in [0.1, 0.15) is 37.7 Å². The fourth-order valence-corrected chi connectivity index (χ4v) is 1.98. The number of esters is 1. The van der Waals surface area contributed by atoms with Gasteiger partial charge in [-0.25, -0.2) is 4.98 Å². The zero-order chi connectivity index (χ0) is 21.1. The maximum absolute atomic E-state index is 11.1. The maximum Gasteiger partial charge on any atom is 0.305 e. The van der Waals surface area contributed by atoms with E-state index in [9.17, 15) is 14.7 Å². The first-order valence-electron chi connectivity index (χ1n) is 8.73. The topological polar surface area (TPSA) is 121 Å². The number of methoxy groups -OCH3 is 1. The van der Waals surface area contributed by atoms with Gasteiger partial charge in [0.25, 0.3) is 5.91 Å². The van der Waals surface area contributed by atoms with Gasteiger partial charge in [0.15, 0.2) is 17.2 Å². The molecule has 1 heterocycles. The fourth-order valence-electron chi connectivity index (χ4n) is 1.98. The minimum Gasteiger partial charge on any atom is -0.503 e. The molecule has 0 aliphatic rings. The van der Waals surface area contributed by atoms with Crippen LogP contribution in [-0.2, 0) is 9.53 Å². The number of pyridine rings is 1. The van der Waals surface area contributed by atoms with E-state index in [1.165, 1.54) is 19.4 Å². The summed E-state index contributed by atoms with van der Waals surface area (Å²) in [6.45, 7) is 5.50. The van der Waals surface area contributed by atoms with Crippen LogP contribution in [-0.4, -0.2) is 41.3 Å². The average molecular weight is 390 g/mol. The summed E-state index contributed by atoms with van der Waals surface area (Å²) in [5.74, 6) is -0.344. The minimum absolute atomic E-state index is 0.155. The van der Waals surface area contributed by atoms with Crippen molar-refractivity contribution in [2.45, 2.75) is 39.4 Å². The van der Waals surface area contributed by atoms with Crippen LogP contribution in [0.4, 0.5) is 0 Å². The molecule has 0 saturated heterocycles. The summed E-state index contributed by atoms with van der Waals surface area (Å²) in [6, 6.07) is 10.9. The lowest BCUT2D eigenvalue weighted by Gasteiger charge is -2.21. The largest absolute Gasteiger partial charge is 0.503 e. The van der Waals surface area contributed by atoms with Gasteiger partial charge in [0, 0.05) is 18.7 Å². The predicted molar refractivity (Wildman–Crippen MR) is 103 cm³/mol. The molecule has 8 nitrogen and oxygen atoms in total. The second-order valence-corrected chi connectivity index (χ2v) is 5.76. The van der Waals surface area contributed by atoms with Crippen molar-refractivity contribution in [2.24, 2.45) is 5.73 Å². The number of primary amides is 1. The van der Waals surface area contributed by atoms with Crippen molar-refractivity contribution >= 4 is 11.9 Å². The van der Waals surface area contributed by atoms with E-state index in [-0.39, 0.29) is 35.4 Å². The normalized spacial score (nSPS) is 12.0. The van der Waals surface area contributed by atoms with Gasteiger partial charge in [-0.2, -0.15) is 0 Å². The molecule has 0 aliphatic carbocycles. The first-order chi connectivity index (χ1) is 13.3. The molecular formula is C20H26N2O6. The molecule has 1 amide bonds. The van der Waals surface area contributed by atoms with Crippen molar-refractivity contribution in [1.82, 2.24) is 4.98 Å². The van der Waals surface area contributed by atoms with Crippen LogP contribution >= 0.6 is 0 Å². The van der Waals surface area contributed by atoms with Crippen molar-refractivity contribution in [3.8, 4) is 17.2 Å². The summed E-state index contributed by atoms with van der Waals surface area (Å²) >= 11 is 0. The number of rotatable bonds is 7. The Hall–Kier alpha value is -3.29. The quantitative estimate of drug-likeness (QED) is 0.697. The second-order valence-electron chi connectivity index (χ2n) is 5.76. The van der Waals surface area contributed by atoms with E-state index in [0.717, 1.165) is 5.75 Å². The molecule has 2 rings (SSSR count). The summed E-state index contributed by atoms with van der Waals surface area (Å²) < 4.78 is 15.6. The molecule has 152 valence electrons. The van der Waals surface area contributed by atoms with Gasteiger partial charge >= 0.3 is 5.97 Å². The highest BCUT2D eigenvalue weighted by molar-refractivity contribution is 5.94. The second kappa shape index (κ2) is 11.4. The van der Waals surface area contributed by atoms with Gasteiger partial charge in [-0.1, -0.05) is 25.1 Å². The van der Waals surface area contributed by atoms with Crippen molar-refractivity contribution in [3.05, 3.63) is 48.3 Å². The number of ether oxygens (including phenoxy) is 3. The van der Waals surface area contributed by atoms with Crippen LogP contribution < -0.4 is 15.2 Å². The first kappa shape index (κ1) is 22.8. The highest BCUT2D eigenvalue weighted by Crippen LogP contribution is 2.26. The zero-order valence-electron chi connectivity index (χ0n) is 16.4. The Bertz CT molecular complexity index is 767. The molecule has 0 spiro atoms. The summed E-state index contributed by atoms with van der Waals surface area (Å²) in [5, 5.41) is 9.27. The van der Waals surface area contributed by atoms with Crippen molar-refractivity contribution in [3.63, 3.8) is 0 Å². The van der Waals surface area contributed by atoms with E-state index in [0.29, 0.717) is 6.42 Å².